The monoisotopic (exact) mass is 457 g/mol. The Bertz CT molecular complexity index is 1190. The number of imide groups is 1. The number of fused-ring (bicyclic) bond motifs is 1. The highest BCUT2D eigenvalue weighted by atomic mass is 16.6. The Morgan fingerprint density at radius 3 is 2.41 bits per heavy atom. The van der Waals surface area contributed by atoms with Gasteiger partial charge in [-0.1, -0.05) is 30.3 Å². The zero-order chi connectivity index (χ0) is 23.5. The topological polar surface area (TPSA) is 89.0 Å². The number of rotatable bonds is 6. The summed E-state index contributed by atoms with van der Waals surface area (Å²) < 4.78 is 11.5. The number of carbonyl (C=O) groups is 3. The Labute approximate surface area is 196 Å². The van der Waals surface area contributed by atoms with Crippen LogP contribution in [0.5, 0.6) is 11.5 Å². The molecule has 1 saturated heterocycles. The van der Waals surface area contributed by atoms with Crippen molar-refractivity contribution in [2.75, 3.05) is 19.7 Å². The number of ether oxygens (including phenoxy) is 2. The summed E-state index contributed by atoms with van der Waals surface area (Å²) in [6.45, 7) is 1.61. The van der Waals surface area contributed by atoms with Gasteiger partial charge >= 0.3 is 6.09 Å². The lowest BCUT2D eigenvalue weighted by atomic mass is 10.1. The van der Waals surface area contributed by atoms with E-state index in [0.29, 0.717) is 47.9 Å². The molecule has 0 unspecified atom stereocenters. The highest BCUT2D eigenvalue weighted by molar-refractivity contribution is 6.21. The summed E-state index contributed by atoms with van der Waals surface area (Å²) in [5.41, 5.74) is 1.53. The molecule has 172 valence electrons. The molecule has 5 rings (SSSR count). The molecule has 0 saturated carbocycles. The zero-order valence-corrected chi connectivity index (χ0v) is 18.4. The van der Waals surface area contributed by atoms with Gasteiger partial charge in [0.2, 0.25) is 0 Å². The van der Waals surface area contributed by atoms with Gasteiger partial charge < -0.3 is 14.4 Å². The van der Waals surface area contributed by atoms with E-state index in [2.05, 4.69) is 4.98 Å². The second kappa shape index (κ2) is 9.35. The van der Waals surface area contributed by atoms with Gasteiger partial charge in [0, 0.05) is 30.8 Å². The number of hydrogen-bond donors (Lipinski definition) is 0. The van der Waals surface area contributed by atoms with Crippen LogP contribution in [0.15, 0.2) is 73.1 Å². The Morgan fingerprint density at radius 2 is 1.68 bits per heavy atom. The van der Waals surface area contributed by atoms with E-state index in [9.17, 15) is 14.4 Å². The lowest BCUT2D eigenvalue weighted by Gasteiger charge is -2.19. The summed E-state index contributed by atoms with van der Waals surface area (Å²) in [6, 6.07) is 17.5. The Kier molecular flexibility index (Phi) is 5.95. The molecule has 3 heterocycles. The number of para-hydroxylation sites is 1. The molecule has 8 nitrogen and oxygen atoms in total. The number of pyridine rings is 1. The molecule has 2 aromatic carbocycles. The van der Waals surface area contributed by atoms with Crippen LogP contribution in [0.2, 0.25) is 0 Å². The van der Waals surface area contributed by atoms with Crippen LogP contribution >= 0.6 is 0 Å². The standard InChI is InChI=1S/C26H23N3O5/c30-24-21-8-4-5-9-22(21)25(31)29(24)16-19-10-12-27-14-23(19)33-17-18-11-13-28(15-18)26(32)34-20-6-2-1-3-7-20/h1-10,12,14,18H,11,13,15-17H2/t18-/m1/s1. The number of amides is 3. The van der Waals surface area contributed by atoms with E-state index in [1.54, 1.807) is 59.8 Å². The second-order valence-electron chi connectivity index (χ2n) is 8.32. The van der Waals surface area contributed by atoms with Crippen molar-refractivity contribution in [2.24, 2.45) is 5.92 Å². The fraction of sp³-hybridized carbons (Fsp3) is 0.231. The van der Waals surface area contributed by atoms with E-state index in [-0.39, 0.29) is 30.4 Å². The van der Waals surface area contributed by atoms with E-state index in [1.165, 1.54) is 4.90 Å². The third-order valence-corrected chi connectivity index (χ3v) is 6.04. The van der Waals surface area contributed by atoms with Crippen LogP contribution in [0.3, 0.4) is 0 Å². The van der Waals surface area contributed by atoms with Gasteiger partial charge in [-0.3, -0.25) is 19.5 Å². The molecule has 2 aliphatic rings. The molecule has 3 aromatic rings. The fourth-order valence-corrected chi connectivity index (χ4v) is 4.22. The first-order valence-electron chi connectivity index (χ1n) is 11.1. The fourth-order valence-electron chi connectivity index (χ4n) is 4.22. The van der Waals surface area contributed by atoms with Gasteiger partial charge in [-0.25, -0.2) is 4.79 Å². The van der Waals surface area contributed by atoms with Crippen molar-refractivity contribution in [3.63, 3.8) is 0 Å². The van der Waals surface area contributed by atoms with Gasteiger partial charge in [0.15, 0.2) is 0 Å². The average molecular weight is 457 g/mol. The lowest BCUT2D eigenvalue weighted by Crippen LogP contribution is -2.32. The molecule has 1 aromatic heterocycles. The third-order valence-electron chi connectivity index (χ3n) is 6.04. The molecular formula is C26H23N3O5. The molecule has 8 heteroatoms. The maximum atomic E-state index is 12.7. The average Bonchev–Trinajstić information content (AvgIpc) is 3.44. The molecule has 0 aliphatic carbocycles. The first-order chi connectivity index (χ1) is 16.6. The summed E-state index contributed by atoms with van der Waals surface area (Å²) in [7, 11) is 0. The quantitative estimate of drug-likeness (QED) is 0.524. The van der Waals surface area contributed by atoms with Crippen LogP contribution < -0.4 is 9.47 Å². The minimum atomic E-state index is -0.374. The maximum absolute atomic E-state index is 12.7. The van der Waals surface area contributed by atoms with Crippen LogP contribution in [-0.4, -0.2) is 52.4 Å². The van der Waals surface area contributed by atoms with E-state index >= 15 is 0 Å². The largest absolute Gasteiger partial charge is 0.491 e. The Balaban J connectivity index is 1.19. The Hall–Kier alpha value is -4.20. The number of nitrogens with zero attached hydrogens (tertiary/aromatic N) is 3. The summed E-state index contributed by atoms with van der Waals surface area (Å²) in [5.74, 6) is 0.541. The molecule has 0 radical (unpaired) electrons. The van der Waals surface area contributed by atoms with Gasteiger partial charge in [0.25, 0.3) is 11.8 Å². The second-order valence-corrected chi connectivity index (χ2v) is 8.32. The lowest BCUT2D eigenvalue weighted by molar-refractivity contribution is 0.0640. The number of aromatic nitrogens is 1. The third kappa shape index (κ3) is 4.34. The highest BCUT2D eigenvalue weighted by Gasteiger charge is 2.35. The predicted octanol–water partition coefficient (Wildman–Crippen LogP) is 3.78. The predicted molar refractivity (Wildman–Crippen MR) is 123 cm³/mol. The molecular weight excluding hydrogens is 434 g/mol. The molecule has 1 atom stereocenters. The number of benzene rings is 2. The number of hydrogen-bond acceptors (Lipinski definition) is 6. The van der Waals surface area contributed by atoms with Gasteiger partial charge in [-0.15, -0.1) is 0 Å². The minimum absolute atomic E-state index is 0.102. The van der Waals surface area contributed by atoms with Gasteiger partial charge in [-0.05, 0) is 36.8 Å². The molecule has 2 aliphatic heterocycles. The van der Waals surface area contributed by atoms with Gasteiger partial charge in [-0.2, -0.15) is 0 Å². The van der Waals surface area contributed by atoms with Crippen LogP contribution in [0, 0.1) is 5.92 Å². The van der Waals surface area contributed by atoms with E-state index in [0.717, 1.165) is 6.42 Å². The molecule has 34 heavy (non-hydrogen) atoms. The highest BCUT2D eigenvalue weighted by Crippen LogP contribution is 2.28. The first kappa shape index (κ1) is 21.6. The van der Waals surface area contributed by atoms with Crippen LogP contribution in [-0.2, 0) is 6.54 Å². The number of carbonyl (C=O) groups excluding carboxylic acids is 3. The van der Waals surface area contributed by atoms with Crippen molar-refractivity contribution in [1.29, 1.82) is 0 Å². The Morgan fingerprint density at radius 1 is 0.971 bits per heavy atom. The van der Waals surface area contributed by atoms with Crippen molar-refractivity contribution in [1.82, 2.24) is 14.8 Å². The molecule has 1 fully saturated rings. The van der Waals surface area contributed by atoms with Crippen molar-refractivity contribution in [3.05, 3.63) is 89.7 Å². The zero-order valence-electron chi connectivity index (χ0n) is 18.4. The van der Waals surface area contributed by atoms with Gasteiger partial charge in [0.05, 0.1) is 30.5 Å². The van der Waals surface area contributed by atoms with Crippen molar-refractivity contribution in [3.8, 4) is 11.5 Å². The minimum Gasteiger partial charge on any atom is -0.491 e. The summed E-state index contributed by atoms with van der Waals surface area (Å²) in [5, 5.41) is 0. The van der Waals surface area contributed by atoms with Crippen molar-refractivity contribution in [2.45, 2.75) is 13.0 Å². The molecule has 3 amide bonds. The van der Waals surface area contributed by atoms with E-state index in [4.69, 9.17) is 9.47 Å². The SMILES string of the molecule is O=C(Oc1ccccc1)N1CC[C@@H](COc2cnccc2CN2C(=O)c3ccccc3C2=O)C1. The summed E-state index contributed by atoms with van der Waals surface area (Å²) in [6.07, 6.45) is 3.61. The smallest absolute Gasteiger partial charge is 0.415 e. The molecule has 0 N–H and O–H groups in total. The summed E-state index contributed by atoms with van der Waals surface area (Å²) >= 11 is 0. The van der Waals surface area contributed by atoms with E-state index < -0.39 is 0 Å². The van der Waals surface area contributed by atoms with Gasteiger partial charge in [0.1, 0.15) is 11.5 Å². The van der Waals surface area contributed by atoms with Crippen LogP contribution in [0.1, 0.15) is 32.7 Å². The normalized spacial score (nSPS) is 17.1. The summed E-state index contributed by atoms with van der Waals surface area (Å²) in [4.78, 5) is 44.9. The van der Waals surface area contributed by atoms with Crippen molar-refractivity contribution < 1.29 is 23.9 Å². The molecule has 0 bridgehead atoms. The molecule has 0 spiro atoms. The van der Waals surface area contributed by atoms with Crippen LogP contribution in [0.25, 0.3) is 0 Å². The maximum Gasteiger partial charge on any atom is 0.415 e. The van der Waals surface area contributed by atoms with E-state index in [1.807, 2.05) is 18.2 Å². The number of likely N-dealkylation sites (tertiary alicyclic amines) is 1. The van der Waals surface area contributed by atoms with Crippen molar-refractivity contribution >= 4 is 17.9 Å². The first-order valence-corrected chi connectivity index (χ1v) is 11.1. The van der Waals surface area contributed by atoms with Crippen LogP contribution in [0.4, 0.5) is 4.79 Å².